The number of aryl methyl sites for hydroxylation is 4. The molecule has 0 aliphatic carbocycles. The fraction of sp³-hybridized carbons (Fsp3) is 0.324. The van der Waals surface area contributed by atoms with Gasteiger partial charge in [-0.05, 0) is 201 Å². The fourth-order valence-electron chi connectivity index (χ4n) is 9.77. The van der Waals surface area contributed by atoms with Crippen LogP contribution >= 0.6 is 0 Å². The number of ether oxygens (including phenoxy) is 6. The van der Waals surface area contributed by atoms with E-state index in [0.717, 1.165) is 108 Å². The molecule has 2 aromatic heterocycles. The lowest BCUT2D eigenvalue weighted by Gasteiger charge is -2.14. The van der Waals surface area contributed by atoms with Gasteiger partial charge in [0.2, 0.25) is 11.8 Å². The molecule has 2 amide bonds. The second-order valence-electron chi connectivity index (χ2n) is 21.3. The van der Waals surface area contributed by atoms with Crippen LogP contribution in [0.25, 0.3) is 34.4 Å². The first-order chi connectivity index (χ1) is 44.3. The number of anilines is 2. The normalized spacial score (nSPS) is 12.2. The molecule has 0 aliphatic heterocycles. The summed E-state index contributed by atoms with van der Waals surface area (Å²) < 4.78 is 91.5. The van der Waals surface area contributed by atoms with Crippen LogP contribution in [0.4, 0.5) is 20.2 Å². The van der Waals surface area contributed by atoms with Crippen molar-refractivity contribution in [3.8, 4) is 45.3 Å². The minimum Gasteiger partial charge on any atom is -0.611 e. The van der Waals surface area contributed by atoms with E-state index in [0.29, 0.717) is 90.2 Å². The standard InChI is InChI=1S/C71H80F2N6O10S2/c1-6-9-39-84-41-43-87-61-28-16-54(17-29-61)56-19-35-68(89-71(72)73)58(46-56)21-37-70(81)77-60-24-32-64(33-25-60)91(83)48-66-52(5)75-50-79(66)38-12-10-11-13-40-85-42-44-88-62-26-14-53(15-27-62)55-18-34-67(86-8-3)57(45-55)20-36-69(80)76-59-22-30-63(31-23-59)90(82)47-65-51(4)74-49-78(65)7-2/h14-37,45-46,49-50,71H,6-13,38-44,47-48H2,1-5H3,(H,76,80)(H,77,81)/b36-20+,37-21+. The van der Waals surface area contributed by atoms with Gasteiger partial charge < -0.3 is 57.3 Å². The number of alkyl halides is 2. The molecular weight excluding hydrogens is 1200 g/mol. The Hall–Kier alpha value is -8.24. The predicted octanol–water partition coefficient (Wildman–Crippen LogP) is 14.8. The molecule has 8 aromatic rings. The van der Waals surface area contributed by atoms with Crippen molar-refractivity contribution in [2.75, 3.05) is 56.9 Å². The maximum absolute atomic E-state index is 13.6. The zero-order valence-electron chi connectivity index (χ0n) is 52.2. The summed E-state index contributed by atoms with van der Waals surface area (Å²) in [5.74, 6) is 1.82. The molecule has 6 aromatic carbocycles. The lowest BCUT2D eigenvalue weighted by atomic mass is 10.0. The Labute approximate surface area is 538 Å². The van der Waals surface area contributed by atoms with Crippen LogP contribution in [0.1, 0.15) is 93.2 Å². The zero-order valence-corrected chi connectivity index (χ0v) is 53.8. The van der Waals surface area contributed by atoms with Crippen LogP contribution in [0.3, 0.4) is 0 Å². The molecule has 20 heteroatoms. The van der Waals surface area contributed by atoms with Crippen LogP contribution in [0.15, 0.2) is 168 Å². The molecule has 480 valence electrons. The molecule has 0 radical (unpaired) electrons. The Morgan fingerprint density at radius 3 is 1.49 bits per heavy atom. The Morgan fingerprint density at radius 1 is 0.538 bits per heavy atom. The topological polar surface area (TPSA) is 195 Å². The summed E-state index contributed by atoms with van der Waals surface area (Å²) in [6.45, 7) is 11.9. The van der Waals surface area contributed by atoms with Crippen LogP contribution in [0.5, 0.6) is 23.0 Å². The molecule has 2 heterocycles. The van der Waals surface area contributed by atoms with Gasteiger partial charge >= 0.3 is 6.61 Å². The van der Waals surface area contributed by atoms with Crippen LogP contribution < -0.4 is 29.6 Å². The van der Waals surface area contributed by atoms with Gasteiger partial charge in [-0.25, -0.2) is 9.97 Å². The Bertz CT molecular complexity index is 3620. The van der Waals surface area contributed by atoms with Crippen molar-refractivity contribution in [2.24, 2.45) is 0 Å². The summed E-state index contributed by atoms with van der Waals surface area (Å²) in [5.41, 5.74) is 9.12. The molecule has 0 fully saturated rings. The van der Waals surface area contributed by atoms with Crippen molar-refractivity contribution in [1.29, 1.82) is 0 Å². The highest BCUT2D eigenvalue weighted by Gasteiger charge is 2.20. The highest BCUT2D eigenvalue weighted by molar-refractivity contribution is 7.91. The van der Waals surface area contributed by atoms with Crippen molar-refractivity contribution >= 4 is 57.7 Å². The third-order valence-electron chi connectivity index (χ3n) is 14.8. The fourth-order valence-corrected chi connectivity index (χ4v) is 12.2. The highest BCUT2D eigenvalue weighted by atomic mass is 32.2. The molecule has 0 aliphatic rings. The van der Waals surface area contributed by atoms with Crippen LogP contribution in [-0.2, 0) is 66.0 Å². The molecular formula is C71H80F2N6O10S2. The van der Waals surface area contributed by atoms with E-state index in [1.807, 2.05) is 99.0 Å². The molecule has 0 saturated heterocycles. The van der Waals surface area contributed by atoms with E-state index >= 15 is 0 Å². The summed E-state index contributed by atoms with van der Waals surface area (Å²) >= 11 is -2.65. The second-order valence-corrected chi connectivity index (χ2v) is 24.2. The number of nitrogens with zero attached hydrogens (tertiary/aromatic N) is 4. The number of amides is 2. The van der Waals surface area contributed by atoms with Gasteiger partial charge in [-0.3, -0.25) is 9.59 Å². The van der Waals surface area contributed by atoms with Gasteiger partial charge in [0, 0.05) is 61.0 Å². The average molecular weight is 1280 g/mol. The lowest BCUT2D eigenvalue weighted by molar-refractivity contribution is -0.112. The van der Waals surface area contributed by atoms with Gasteiger partial charge in [0.1, 0.15) is 36.2 Å². The zero-order chi connectivity index (χ0) is 64.3. The molecule has 91 heavy (non-hydrogen) atoms. The number of carbonyl (C=O) groups is 2. The number of benzene rings is 6. The van der Waals surface area contributed by atoms with Crippen molar-refractivity contribution in [1.82, 2.24) is 19.1 Å². The SMILES string of the molecule is CCCCOCCOc1ccc(-c2ccc(OC(F)F)c(/C=C/C(=O)Nc3ccc([S+]([O-])Cc4c(C)ncn4CCCCCCOCCOc4ccc(-c5ccc(OCC)c(/C=C/C(=O)Nc6ccc([S+]([O-])Cc7c(C)ncn7CC)cc6)c5)cc4)cc3)c2)cc1. The number of nitrogens with one attached hydrogen (secondary N) is 2. The molecule has 16 nitrogen and oxygen atoms in total. The number of carbonyl (C=O) groups excluding carboxylic acids is 2. The maximum Gasteiger partial charge on any atom is 0.387 e. The Balaban J connectivity index is 0.713. The quantitative estimate of drug-likeness (QED) is 0.0213. The van der Waals surface area contributed by atoms with Crippen molar-refractivity contribution < 1.29 is 55.9 Å². The molecule has 0 saturated carbocycles. The van der Waals surface area contributed by atoms with Crippen molar-refractivity contribution in [3.05, 3.63) is 192 Å². The van der Waals surface area contributed by atoms with Crippen molar-refractivity contribution in [2.45, 2.75) is 114 Å². The minimum atomic E-state index is -3.05. The van der Waals surface area contributed by atoms with Gasteiger partial charge in [-0.15, -0.1) is 0 Å². The molecule has 2 unspecified atom stereocenters. The number of hydrogen-bond acceptors (Lipinski definition) is 12. The van der Waals surface area contributed by atoms with Gasteiger partial charge in [0.25, 0.3) is 0 Å². The lowest BCUT2D eigenvalue weighted by Crippen LogP contribution is -2.12. The first-order valence-electron chi connectivity index (χ1n) is 30.7. The third kappa shape index (κ3) is 21.4. The molecule has 2 atom stereocenters. The summed E-state index contributed by atoms with van der Waals surface area (Å²) in [6.07, 6.45) is 15.3. The highest BCUT2D eigenvalue weighted by Crippen LogP contribution is 2.32. The van der Waals surface area contributed by atoms with Gasteiger partial charge in [-0.2, -0.15) is 8.78 Å². The van der Waals surface area contributed by atoms with Crippen molar-refractivity contribution in [3.63, 3.8) is 0 Å². The van der Waals surface area contributed by atoms with Gasteiger partial charge in [0.15, 0.2) is 21.3 Å². The third-order valence-corrected chi connectivity index (χ3v) is 17.4. The van der Waals surface area contributed by atoms with Gasteiger partial charge in [0.05, 0.1) is 55.3 Å². The molecule has 0 bridgehead atoms. The molecule has 0 spiro atoms. The Kier molecular flexibility index (Phi) is 27.1. The summed E-state index contributed by atoms with van der Waals surface area (Å²) in [6, 6.07) is 39.7. The van der Waals surface area contributed by atoms with Crippen LogP contribution in [0, 0.1) is 13.8 Å². The first-order valence-corrected chi connectivity index (χ1v) is 33.3. The number of halogens is 2. The predicted molar refractivity (Wildman–Crippen MR) is 356 cm³/mol. The van der Waals surface area contributed by atoms with E-state index in [1.54, 1.807) is 79.4 Å². The average Bonchev–Trinajstić information content (AvgIpc) is 2.22. The summed E-state index contributed by atoms with van der Waals surface area (Å²) in [5, 5.41) is 5.68. The number of hydrogen-bond donors (Lipinski definition) is 2. The van der Waals surface area contributed by atoms with E-state index in [2.05, 4.69) is 32.1 Å². The molecule has 8 rings (SSSR count). The summed E-state index contributed by atoms with van der Waals surface area (Å²) in [4.78, 5) is 36.3. The summed E-state index contributed by atoms with van der Waals surface area (Å²) in [7, 11) is 0. The van der Waals surface area contributed by atoms with E-state index in [1.165, 1.54) is 24.3 Å². The van der Waals surface area contributed by atoms with E-state index in [4.69, 9.17) is 28.4 Å². The van der Waals surface area contributed by atoms with E-state index in [9.17, 15) is 27.5 Å². The van der Waals surface area contributed by atoms with Gasteiger partial charge in [-0.1, -0.05) is 62.6 Å². The largest absolute Gasteiger partial charge is 0.611 e. The number of unbranched alkanes of at least 4 members (excludes halogenated alkanes) is 4. The second kappa shape index (κ2) is 36.0. The number of rotatable bonds is 37. The van der Waals surface area contributed by atoms with E-state index in [-0.39, 0.29) is 17.4 Å². The number of aromatic nitrogens is 4. The maximum atomic E-state index is 13.6. The number of imidazole rings is 2. The first kappa shape index (κ1) is 68.7. The van der Waals surface area contributed by atoms with Crippen LogP contribution in [-0.4, -0.2) is 92.9 Å². The van der Waals surface area contributed by atoms with E-state index < -0.39 is 34.9 Å². The monoisotopic (exact) mass is 1280 g/mol. The minimum absolute atomic E-state index is 0.0763. The van der Waals surface area contributed by atoms with Crippen LogP contribution in [0.2, 0.25) is 0 Å². The smallest absolute Gasteiger partial charge is 0.387 e. The Morgan fingerprint density at radius 2 is 1.00 bits per heavy atom. The molecule has 2 N–H and O–H groups in total.